The summed E-state index contributed by atoms with van der Waals surface area (Å²) in [5, 5.41) is 13.2. The number of nitrogens with zero attached hydrogens (tertiary/aromatic N) is 1. The molecule has 1 aliphatic rings. The van der Waals surface area contributed by atoms with Gasteiger partial charge in [-0.05, 0) is 67.2 Å². The molecule has 1 aromatic rings. The highest BCUT2D eigenvalue weighted by Gasteiger charge is 2.32. The lowest BCUT2D eigenvalue weighted by atomic mass is 9.79. The Morgan fingerprint density at radius 1 is 1.41 bits per heavy atom. The van der Waals surface area contributed by atoms with Crippen LogP contribution in [0.25, 0.3) is 0 Å². The van der Waals surface area contributed by atoms with Gasteiger partial charge in [0.1, 0.15) is 0 Å². The summed E-state index contributed by atoms with van der Waals surface area (Å²) in [7, 11) is 1.95. The van der Waals surface area contributed by atoms with E-state index in [4.69, 9.17) is 10.7 Å². The standard InChI is InChI=1S/C16H23Br2N3O/c1-9(20-2)13-7-12(22)3-4-15(13)21-8-10-5-11(17)6-14(18)16(10)19/h5-6,8-9,12-13,15,20,22H,3-4,7,19H2,1-2H3/b21-8+/t9?,12-,13?,15?/m0/s1. The number of nitrogen functional groups attached to an aromatic ring is 1. The van der Waals surface area contributed by atoms with Crippen molar-refractivity contribution in [3.63, 3.8) is 0 Å². The predicted octanol–water partition coefficient (Wildman–Crippen LogP) is 3.35. The maximum absolute atomic E-state index is 9.93. The van der Waals surface area contributed by atoms with Crippen LogP contribution in [-0.4, -0.2) is 36.6 Å². The molecule has 2 rings (SSSR count). The largest absolute Gasteiger partial charge is 0.397 e. The van der Waals surface area contributed by atoms with Crippen molar-refractivity contribution in [1.29, 1.82) is 0 Å². The number of nitrogens with two attached hydrogens (primary N) is 1. The molecule has 0 spiro atoms. The first-order valence-electron chi connectivity index (χ1n) is 7.55. The monoisotopic (exact) mass is 431 g/mol. The Labute approximate surface area is 148 Å². The predicted molar refractivity (Wildman–Crippen MR) is 99.5 cm³/mol. The van der Waals surface area contributed by atoms with Gasteiger partial charge in [0.15, 0.2) is 0 Å². The minimum atomic E-state index is -0.211. The number of rotatable bonds is 4. The summed E-state index contributed by atoms with van der Waals surface area (Å²) >= 11 is 6.93. The zero-order chi connectivity index (χ0) is 16.3. The lowest BCUT2D eigenvalue weighted by Crippen LogP contribution is -2.42. The van der Waals surface area contributed by atoms with Crippen LogP contribution in [-0.2, 0) is 0 Å². The third kappa shape index (κ3) is 4.31. The molecule has 1 saturated carbocycles. The van der Waals surface area contributed by atoms with Gasteiger partial charge in [-0.3, -0.25) is 4.99 Å². The van der Waals surface area contributed by atoms with Crippen molar-refractivity contribution in [2.24, 2.45) is 10.9 Å². The normalized spacial score (nSPS) is 27.2. The lowest BCUT2D eigenvalue weighted by molar-refractivity contribution is 0.0797. The highest BCUT2D eigenvalue weighted by atomic mass is 79.9. The zero-order valence-corrected chi connectivity index (χ0v) is 16.1. The quantitative estimate of drug-likeness (QED) is 0.504. The smallest absolute Gasteiger partial charge is 0.0548 e. The van der Waals surface area contributed by atoms with Crippen molar-refractivity contribution in [3.8, 4) is 0 Å². The van der Waals surface area contributed by atoms with E-state index in [-0.39, 0.29) is 12.1 Å². The van der Waals surface area contributed by atoms with E-state index in [0.717, 1.165) is 33.8 Å². The SMILES string of the molecule is CNC(C)C1C[C@@H](O)CCC1/N=C/c1cc(Br)cc(Br)c1N. The van der Waals surface area contributed by atoms with Crippen molar-refractivity contribution in [2.75, 3.05) is 12.8 Å². The van der Waals surface area contributed by atoms with Gasteiger partial charge in [0.25, 0.3) is 0 Å². The molecule has 0 saturated heterocycles. The van der Waals surface area contributed by atoms with E-state index in [1.54, 1.807) is 0 Å². The molecule has 4 nitrogen and oxygen atoms in total. The van der Waals surface area contributed by atoms with Gasteiger partial charge in [-0.25, -0.2) is 0 Å². The van der Waals surface area contributed by atoms with E-state index >= 15 is 0 Å². The number of hydrogen-bond acceptors (Lipinski definition) is 4. The molecule has 0 bridgehead atoms. The molecule has 6 heteroatoms. The minimum absolute atomic E-state index is 0.211. The first kappa shape index (κ1) is 17.9. The first-order valence-corrected chi connectivity index (χ1v) is 9.14. The number of hydrogen-bond donors (Lipinski definition) is 3. The van der Waals surface area contributed by atoms with Crippen molar-refractivity contribution in [1.82, 2.24) is 5.32 Å². The number of halogens is 2. The number of benzene rings is 1. The van der Waals surface area contributed by atoms with Crippen LogP contribution in [0.4, 0.5) is 5.69 Å². The maximum Gasteiger partial charge on any atom is 0.0548 e. The van der Waals surface area contributed by atoms with E-state index < -0.39 is 0 Å². The molecule has 1 aromatic carbocycles. The molecule has 0 aliphatic heterocycles. The Bertz CT molecular complexity index is 550. The summed E-state index contributed by atoms with van der Waals surface area (Å²) in [6, 6.07) is 4.43. The average molecular weight is 433 g/mol. The number of aliphatic imine (C=N–C) groups is 1. The Balaban J connectivity index is 2.20. The van der Waals surface area contributed by atoms with Gasteiger partial charge >= 0.3 is 0 Å². The number of aliphatic hydroxyl groups excluding tert-OH is 1. The molecule has 0 aromatic heterocycles. The van der Waals surface area contributed by atoms with E-state index in [0.29, 0.717) is 17.6 Å². The van der Waals surface area contributed by atoms with Crippen LogP contribution in [0, 0.1) is 5.92 Å². The Morgan fingerprint density at radius 2 is 2.14 bits per heavy atom. The zero-order valence-electron chi connectivity index (χ0n) is 12.9. The van der Waals surface area contributed by atoms with Crippen molar-refractivity contribution >= 4 is 43.8 Å². The van der Waals surface area contributed by atoms with Gasteiger partial charge < -0.3 is 16.2 Å². The lowest BCUT2D eigenvalue weighted by Gasteiger charge is -2.35. The molecular formula is C16H23Br2N3O. The molecule has 0 heterocycles. The molecule has 1 fully saturated rings. The van der Waals surface area contributed by atoms with Crippen LogP contribution < -0.4 is 11.1 Å². The van der Waals surface area contributed by atoms with E-state index in [2.05, 4.69) is 44.1 Å². The summed E-state index contributed by atoms with van der Waals surface area (Å²) in [6.07, 6.45) is 4.16. The first-order chi connectivity index (χ1) is 10.4. The molecular weight excluding hydrogens is 410 g/mol. The van der Waals surface area contributed by atoms with Gasteiger partial charge in [-0.1, -0.05) is 15.9 Å². The molecule has 0 radical (unpaired) electrons. The maximum atomic E-state index is 9.93. The second-order valence-electron chi connectivity index (χ2n) is 5.94. The minimum Gasteiger partial charge on any atom is -0.397 e. The summed E-state index contributed by atoms with van der Waals surface area (Å²) in [5.41, 5.74) is 7.70. The summed E-state index contributed by atoms with van der Waals surface area (Å²) in [5.74, 6) is 0.335. The fourth-order valence-electron chi connectivity index (χ4n) is 2.99. The topological polar surface area (TPSA) is 70.6 Å². The van der Waals surface area contributed by atoms with Crippen LogP contribution in [0.2, 0.25) is 0 Å². The Hall–Kier alpha value is -0.430. The highest BCUT2D eigenvalue weighted by molar-refractivity contribution is 9.11. The third-order valence-corrected chi connectivity index (χ3v) is 5.58. The Morgan fingerprint density at radius 3 is 2.82 bits per heavy atom. The molecule has 122 valence electrons. The van der Waals surface area contributed by atoms with Crippen LogP contribution in [0.15, 0.2) is 26.1 Å². The van der Waals surface area contributed by atoms with Crippen LogP contribution >= 0.6 is 31.9 Å². The molecule has 22 heavy (non-hydrogen) atoms. The van der Waals surface area contributed by atoms with E-state index in [1.807, 2.05) is 25.4 Å². The fourth-order valence-corrected chi connectivity index (χ4v) is 4.25. The molecule has 4 N–H and O–H groups in total. The molecule has 1 aliphatic carbocycles. The second kappa shape index (κ2) is 7.90. The average Bonchev–Trinajstić information content (AvgIpc) is 2.49. The van der Waals surface area contributed by atoms with E-state index in [1.165, 1.54) is 0 Å². The molecule has 3 unspecified atom stereocenters. The Kier molecular flexibility index (Phi) is 6.44. The third-order valence-electron chi connectivity index (χ3n) is 4.46. The number of aliphatic hydroxyl groups is 1. The summed E-state index contributed by atoms with van der Waals surface area (Å²) < 4.78 is 1.83. The van der Waals surface area contributed by atoms with Gasteiger partial charge in [-0.15, -0.1) is 0 Å². The van der Waals surface area contributed by atoms with Crippen molar-refractivity contribution in [2.45, 2.75) is 44.4 Å². The number of nitrogens with one attached hydrogen (secondary N) is 1. The van der Waals surface area contributed by atoms with Gasteiger partial charge in [0.05, 0.1) is 17.8 Å². The van der Waals surface area contributed by atoms with Crippen molar-refractivity contribution < 1.29 is 5.11 Å². The highest BCUT2D eigenvalue weighted by Crippen LogP contribution is 2.31. The molecule has 4 atom stereocenters. The van der Waals surface area contributed by atoms with Gasteiger partial charge in [-0.2, -0.15) is 0 Å². The molecule has 0 amide bonds. The summed E-state index contributed by atoms with van der Waals surface area (Å²) in [6.45, 7) is 2.15. The van der Waals surface area contributed by atoms with Crippen LogP contribution in [0.5, 0.6) is 0 Å². The van der Waals surface area contributed by atoms with Crippen LogP contribution in [0.1, 0.15) is 31.7 Å². The van der Waals surface area contributed by atoms with Crippen molar-refractivity contribution in [3.05, 3.63) is 26.6 Å². The van der Waals surface area contributed by atoms with Gasteiger partial charge in [0.2, 0.25) is 0 Å². The second-order valence-corrected chi connectivity index (χ2v) is 7.71. The van der Waals surface area contributed by atoms with Gasteiger partial charge in [0, 0.05) is 26.8 Å². The van der Waals surface area contributed by atoms with Crippen LogP contribution in [0.3, 0.4) is 0 Å². The number of anilines is 1. The van der Waals surface area contributed by atoms with E-state index in [9.17, 15) is 5.11 Å². The fraction of sp³-hybridized carbons (Fsp3) is 0.562. The summed E-state index contributed by atoms with van der Waals surface area (Å²) in [4.78, 5) is 4.78.